The molecule has 0 aliphatic heterocycles. The van der Waals surface area contributed by atoms with Crippen molar-refractivity contribution in [3.05, 3.63) is 0 Å². The van der Waals surface area contributed by atoms with Gasteiger partial charge in [0.1, 0.15) is 0 Å². The van der Waals surface area contributed by atoms with Gasteiger partial charge in [-0.3, -0.25) is 0 Å². The zero-order valence-corrected chi connectivity index (χ0v) is 7.93. The van der Waals surface area contributed by atoms with E-state index < -0.39 is 0 Å². The molecule has 1 rings (SSSR count). The summed E-state index contributed by atoms with van der Waals surface area (Å²) < 4.78 is 0. The molecule has 1 heteroatoms. The molecule has 0 aromatic carbocycles. The van der Waals surface area contributed by atoms with Gasteiger partial charge in [-0.2, -0.15) is 0 Å². The lowest BCUT2D eigenvalue weighted by molar-refractivity contribution is -0.0512. The number of hydrogen-bond acceptors (Lipinski definition) is 1. The van der Waals surface area contributed by atoms with Gasteiger partial charge in [-0.25, -0.2) is 0 Å². The molecule has 0 unspecified atom stereocenters. The first-order valence-corrected chi connectivity index (χ1v) is 4.77. The molecule has 1 nitrogen and oxygen atoms in total. The van der Waals surface area contributed by atoms with Gasteiger partial charge in [0.25, 0.3) is 0 Å². The molecule has 2 atom stereocenters. The maximum absolute atomic E-state index is 10.1. The van der Waals surface area contributed by atoms with Gasteiger partial charge in [0.15, 0.2) is 0 Å². The van der Waals surface area contributed by atoms with Crippen LogP contribution in [0.5, 0.6) is 0 Å². The van der Waals surface area contributed by atoms with Crippen LogP contribution in [-0.2, 0) is 0 Å². The first-order valence-electron chi connectivity index (χ1n) is 4.77. The summed E-state index contributed by atoms with van der Waals surface area (Å²) in [4.78, 5) is 0. The van der Waals surface area contributed by atoms with Gasteiger partial charge in [-0.15, -0.1) is 0 Å². The summed E-state index contributed by atoms with van der Waals surface area (Å²) in [5.74, 6) is 1.14. The Morgan fingerprint density at radius 1 is 1.45 bits per heavy atom. The van der Waals surface area contributed by atoms with Crippen molar-refractivity contribution in [1.29, 1.82) is 0 Å². The minimum atomic E-state index is -0.350. The van der Waals surface area contributed by atoms with Crippen molar-refractivity contribution in [3.63, 3.8) is 0 Å². The summed E-state index contributed by atoms with van der Waals surface area (Å²) in [5, 5.41) is 10.1. The lowest BCUT2D eigenvalue weighted by Crippen LogP contribution is -2.39. The molecule has 0 aromatic heterocycles. The van der Waals surface area contributed by atoms with Crippen molar-refractivity contribution < 1.29 is 5.11 Å². The summed E-state index contributed by atoms with van der Waals surface area (Å²) in [5.41, 5.74) is -0.350. The van der Waals surface area contributed by atoms with Crippen LogP contribution in [0.1, 0.15) is 46.5 Å². The third kappa shape index (κ3) is 1.96. The zero-order chi connectivity index (χ0) is 8.48. The Morgan fingerprint density at radius 2 is 2.09 bits per heavy atom. The zero-order valence-electron chi connectivity index (χ0n) is 7.93. The van der Waals surface area contributed by atoms with Crippen LogP contribution in [0.25, 0.3) is 0 Å². The van der Waals surface area contributed by atoms with Gasteiger partial charge in [0, 0.05) is 0 Å². The molecule has 0 amide bonds. The molecule has 1 aliphatic carbocycles. The molecule has 0 radical (unpaired) electrons. The molecular weight excluding hydrogens is 136 g/mol. The average Bonchev–Trinajstić information content (AvgIpc) is 1.86. The van der Waals surface area contributed by atoms with Crippen molar-refractivity contribution in [2.45, 2.75) is 52.1 Å². The summed E-state index contributed by atoms with van der Waals surface area (Å²) in [6.07, 6.45) is 4.52. The Morgan fingerprint density at radius 3 is 2.45 bits per heavy atom. The topological polar surface area (TPSA) is 20.2 Å². The van der Waals surface area contributed by atoms with E-state index in [1.807, 2.05) is 0 Å². The smallest absolute Gasteiger partial charge is 0.0673 e. The fourth-order valence-electron chi connectivity index (χ4n) is 2.09. The summed E-state index contributed by atoms with van der Waals surface area (Å²) in [6.45, 7) is 6.49. The Kier molecular flexibility index (Phi) is 2.58. The predicted molar refractivity (Wildman–Crippen MR) is 47.4 cm³/mol. The van der Waals surface area contributed by atoms with E-state index in [1.54, 1.807) is 0 Å². The molecule has 1 fully saturated rings. The largest absolute Gasteiger partial charge is 0.390 e. The lowest BCUT2D eigenvalue weighted by Gasteiger charge is -2.38. The van der Waals surface area contributed by atoms with Crippen molar-refractivity contribution in [3.8, 4) is 0 Å². The van der Waals surface area contributed by atoms with E-state index in [9.17, 15) is 5.11 Å². The maximum Gasteiger partial charge on any atom is 0.0673 e. The molecule has 1 saturated carbocycles. The monoisotopic (exact) mass is 156 g/mol. The Bertz CT molecular complexity index is 131. The summed E-state index contributed by atoms with van der Waals surface area (Å²) in [6, 6.07) is 0. The van der Waals surface area contributed by atoms with E-state index in [2.05, 4.69) is 20.8 Å². The van der Waals surface area contributed by atoms with Gasteiger partial charge in [0.05, 0.1) is 5.60 Å². The predicted octanol–water partition coefficient (Wildman–Crippen LogP) is 2.58. The average molecular weight is 156 g/mol. The first kappa shape index (κ1) is 9.05. The fourth-order valence-corrected chi connectivity index (χ4v) is 2.09. The molecule has 0 heterocycles. The van der Waals surface area contributed by atoms with Gasteiger partial charge < -0.3 is 5.11 Å². The van der Waals surface area contributed by atoms with E-state index >= 15 is 0 Å². The lowest BCUT2D eigenvalue weighted by atomic mass is 9.73. The second-order valence-electron chi connectivity index (χ2n) is 4.46. The van der Waals surface area contributed by atoms with Crippen LogP contribution >= 0.6 is 0 Å². The second kappa shape index (κ2) is 3.14. The van der Waals surface area contributed by atoms with Crippen LogP contribution in [0.15, 0.2) is 0 Å². The number of hydrogen-bond donors (Lipinski definition) is 1. The Labute approximate surface area is 69.8 Å². The van der Waals surface area contributed by atoms with Crippen molar-refractivity contribution in [2.75, 3.05) is 0 Å². The third-order valence-electron chi connectivity index (χ3n) is 3.08. The van der Waals surface area contributed by atoms with Crippen LogP contribution in [-0.4, -0.2) is 10.7 Å². The van der Waals surface area contributed by atoms with Gasteiger partial charge in [0.2, 0.25) is 0 Å². The van der Waals surface area contributed by atoms with Gasteiger partial charge >= 0.3 is 0 Å². The molecule has 0 spiro atoms. The molecule has 0 saturated heterocycles. The number of rotatable bonds is 1. The van der Waals surface area contributed by atoms with E-state index in [0.717, 1.165) is 18.8 Å². The maximum atomic E-state index is 10.1. The highest BCUT2D eigenvalue weighted by molar-refractivity contribution is 4.87. The van der Waals surface area contributed by atoms with E-state index in [0.29, 0.717) is 5.92 Å². The number of aliphatic hydroxyl groups is 1. The summed E-state index contributed by atoms with van der Waals surface area (Å²) >= 11 is 0. The Hall–Kier alpha value is -0.0400. The van der Waals surface area contributed by atoms with Crippen molar-refractivity contribution >= 4 is 0 Å². The van der Waals surface area contributed by atoms with Crippen LogP contribution in [0.4, 0.5) is 0 Å². The van der Waals surface area contributed by atoms with Gasteiger partial charge in [-0.1, -0.05) is 33.6 Å². The molecule has 11 heavy (non-hydrogen) atoms. The third-order valence-corrected chi connectivity index (χ3v) is 3.08. The summed E-state index contributed by atoms with van der Waals surface area (Å²) in [7, 11) is 0. The molecule has 66 valence electrons. The van der Waals surface area contributed by atoms with Crippen molar-refractivity contribution in [2.24, 2.45) is 11.8 Å². The highest BCUT2D eigenvalue weighted by Crippen LogP contribution is 2.36. The molecule has 1 N–H and O–H groups in total. The van der Waals surface area contributed by atoms with Crippen LogP contribution in [0.2, 0.25) is 0 Å². The van der Waals surface area contributed by atoms with E-state index in [4.69, 9.17) is 0 Å². The minimum Gasteiger partial charge on any atom is -0.390 e. The highest BCUT2D eigenvalue weighted by atomic mass is 16.3. The SMILES string of the molecule is CC(C)[C@]1(O)CCC[C@@H](C)C1. The molecule has 0 aromatic rings. The van der Waals surface area contributed by atoms with Gasteiger partial charge in [-0.05, 0) is 24.7 Å². The molecule has 0 bridgehead atoms. The first-order chi connectivity index (χ1) is 5.04. The van der Waals surface area contributed by atoms with Crippen LogP contribution < -0.4 is 0 Å². The van der Waals surface area contributed by atoms with E-state index in [1.165, 1.54) is 12.8 Å². The van der Waals surface area contributed by atoms with E-state index in [-0.39, 0.29) is 5.60 Å². The standard InChI is InChI=1S/C10H20O/c1-8(2)10(11)6-4-5-9(3)7-10/h8-9,11H,4-7H2,1-3H3/t9-,10+/m1/s1. The fraction of sp³-hybridized carbons (Fsp3) is 1.00. The van der Waals surface area contributed by atoms with Crippen LogP contribution in [0, 0.1) is 11.8 Å². The second-order valence-corrected chi connectivity index (χ2v) is 4.46. The van der Waals surface area contributed by atoms with Crippen molar-refractivity contribution in [1.82, 2.24) is 0 Å². The minimum absolute atomic E-state index is 0.350. The Balaban J connectivity index is 2.55. The normalized spacial score (nSPS) is 39.5. The highest BCUT2D eigenvalue weighted by Gasteiger charge is 2.35. The molecule has 1 aliphatic rings. The molecular formula is C10H20O. The van der Waals surface area contributed by atoms with Crippen LogP contribution in [0.3, 0.4) is 0 Å². The quantitative estimate of drug-likeness (QED) is 0.618.